The van der Waals surface area contributed by atoms with Crippen LogP contribution in [0.4, 0.5) is 0 Å². The SMILES string of the molecule is C(=Cc1ccc2c(c1)c1ccccc1n2-c1ccccc1)c1ccc2c(c1)C1(CCCC1)c1cc3c(cc1-2)C1(CCCC1)c1cc(C=Cc2ccc4c(c2)c2ccccc2n4-c2ccccc2)ccc1-3. The molecule has 11 aromatic rings. The Kier molecular flexibility index (Phi) is 8.73. The first-order chi connectivity index (χ1) is 34.6. The van der Waals surface area contributed by atoms with Gasteiger partial charge >= 0.3 is 0 Å². The van der Waals surface area contributed by atoms with E-state index in [1.54, 1.807) is 22.3 Å². The van der Waals surface area contributed by atoms with Crippen molar-refractivity contribution >= 4 is 67.9 Å². The summed E-state index contributed by atoms with van der Waals surface area (Å²) in [4.78, 5) is 0. The molecule has 0 amide bonds. The van der Waals surface area contributed by atoms with Crippen molar-refractivity contribution in [3.63, 3.8) is 0 Å². The third-order valence-electron chi connectivity index (χ3n) is 17.2. The van der Waals surface area contributed by atoms with Crippen molar-refractivity contribution in [2.45, 2.75) is 62.2 Å². The van der Waals surface area contributed by atoms with Gasteiger partial charge in [0.15, 0.2) is 0 Å². The normalized spacial score (nSPS) is 16.2. The fourth-order valence-electron chi connectivity index (χ4n) is 14.0. The monoisotopic (exact) mass is 896 g/mol. The molecule has 2 spiro atoms. The third kappa shape index (κ3) is 5.80. The van der Waals surface area contributed by atoms with E-state index in [1.165, 1.54) is 151 Å². The molecule has 0 unspecified atom stereocenters. The minimum absolute atomic E-state index is 0.0739. The van der Waals surface area contributed by atoms with Gasteiger partial charge in [-0.2, -0.15) is 0 Å². The molecule has 2 heterocycles. The van der Waals surface area contributed by atoms with E-state index < -0.39 is 0 Å². The predicted octanol–water partition coefficient (Wildman–Crippen LogP) is 17.9. The van der Waals surface area contributed by atoms with Crippen molar-refractivity contribution < 1.29 is 0 Å². The van der Waals surface area contributed by atoms with Crippen LogP contribution in [0.25, 0.3) is 102 Å². The molecular formula is C68H52N2. The van der Waals surface area contributed by atoms with Gasteiger partial charge in [-0.3, -0.25) is 0 Å². The van der Waals surface area contributed by atoms with Gasteiger partial charge in [0.25, 0.3) is 0 Å². The second kappa shape index (κ2) is 15.3. The van der Waals surface area contributed by atoms with Gasteiger partial charge in [0.05, 0.1) is 22.1 Å². The van der Waals surface area contributed by atoms with E-state index >= 15 is 0 Å². The van der Waals surface area contributed by atoms with E-state index in [0.29, 0.717) is 0 Å². The molecule has 70 heavy (non-hydrogen) atoms. The molecule has 15 rings (SSSR count). The van der Waals surface area contributed by atoms with E-state index in [0.717, 1.165) is 0 Å². The number of benzene rings is 9. The van der Waals surface area contributed by atoms with Gasteiger partial charge in [-0.25, -0.2) is 0 Å². The topological polar surface area (TPSA) is 9.86 Å². The minimum atomic E-state index is 0.0739. The summed E-state index contributed by atoms with van der Waals surface area (Å²) in [6.07, 6.45) is 19.4. The van der Waals surface area contributed by atoms with Crippen LogP contribution in [0.2, 0.25) is 0 Å². The Labute approximate surface area is 409 Å². The number of aromatic nitrogens is 2. The molecule has 2 saturated carbocycles. The summed E-state index contributed by atoms with van der Waals surface area (Å²) in [6, 6.07) is 73.2. The Bertz CT molecular complexity index is 3730. The molecule has 9 aromatic carbocycles. The Balaban J connectivity index is 0.769. The smallest absolute Gasteiger partial charge is 0.0541 e. The molecule has 2 fully saturated rings. The Morgan fingerprint density at radius 3 is 1.06 bits per heavy atom. The summed E-state index contributed by atoms with van der Waals surface area (Å²) in [5.74, 6) is 0. The average molecular weight is 897 g/mol. The molecule has 0 radical (unpaired) electrons. The highest BCUT2D eigenvalue weighted by atomic mass is 15.0. The van der Waals surface area contributed by atoms with Crippen LogP contribution in [0.3, 0.4) is 0 Å². The number of nitrogens with zero attached hydrogens (tertiary/aromatic N) is 2. The van der Waals surface area contributed by atoms with Crippen LogP contribution in [0.5, 0.6) is 0 Å². The van der Waals surface area contributed by atoms with E-state index in [9.17, 15) is 0 Å². The van der Waals surface area contributed by atoms with E-state index in [2.05, 4.69) is 228 Å². The van der Waals surface area contributed by atoms with E-state index in [1.807, 2.05) is 0 Å². The summed E-state index contributed by atoms with van der Waals surface area (Å²) < 4.78 is 4.79. The first-order valence-electron chi connectivity index (χ1n) is 25.7. The summed E-state index contributed by atoms with van der Waals surface area (Å²) in [5.41, 5.74) is 24.7. The molecular weight excluding hydrogens is 845 g/mol. The van der Waals surface area contributed by atoms with Crippen LogP contribution in [-0.2, 0) is 10.8 Å². The molecule has 4 aliphatic rings. The fraction of sp³-hybridized carbons (Fsp3) is 0.147. The molecule has 2 aromatic heterocycles. The van der Waals surface area contributed by atoms with Gasteiger partial charge < -0.3 is 9.13 Å². The lowest BCUT2D eigenvalue weighted by Crippen LogP contribution is -2.22. The first-order valence-corrected chi connectivity index (χ1v) is 25.7. The Morgan fingerprint density at radius 2 is 0.629 bits per heavy atom. The van der Waals surface area contributed by atoms with Gasteiger partial charge in [0, 0.05) is 43.7 Å². The molecule has 0 N–H and O–H groups in total. The zero-order valence-corrected chi connectivity index (χ0v) is 39.3. The lowest BCUT2D eigenvalue weighted by atomic mass is 9.74. The highest BCUT2D eigenvalue weighted by Crippen LogP contribution is 2.63. The standard InChI is InChI=1S/C68H52N2/c1-3-15-49(16-4-1)69-63-21-9-7-19-53(63)57-39-45(29-33-65(57)69)23-25-47-27-31-51-55-43-62-56(44-61(55)67(59(51)41-47)35-11-12-36-67)52-32-28-48(42-60(52)68(62)37-13-14-38-68)26-24-46-30-34-66-58(40-46)54-20-8-10-22-64(54)70(66)50-17-5-2-6-18-50/h1-10,15-34,39-44H,11-14,35-38H2. The number of hydrogen-bond acceptors (Lipinski definition) is 0. The van der Waals surface area contributed by atoms with Crippen molar-refractivity contribution in [1.82, 2.24) is 9.13 Å². The quantitative estimate of drug-likeness (QED) is 0.147. The van der Waals surface area contributed by atoms with E-state index in [4.69, 9.17) is 0 Å². The first kappa shape index (κ1) is 40.0. The van der Waals surface area contributed by atoms with Crippen molar-refractivity contribution in [2.75, 3.05) is 0 Å². The van der Waals surface area contributed by atoms with Crippen LogP contribution in [0.15, 0.2) is 194 Å². The lowest BCUT2D eigenvalue weighted by molar-refractivity contribution is 0.543. The van der Waals surface area contributed by atoms with Crippen molar-refractivity contribution in [1.29, 1.82) is 0 Å². The Hall–Kier alpha value is -7.94. The number of fused-ring (bicyclic) bond motifs is 16. The summed E-state index contributed by atoms with van der Waals surface area (Å²) in [7, 11) is 0. The minimum Gasteiger partial charge on any atom is -0.309 e. The van der Waals surface area contributed by atoms with Crippen LogP contribution in [0.1, 0.15) is 95.9 Å². The average Bonchev–Trinajstić information content (AvgIpc) is 4.29. The molecule has 0 aliphatic heterocycles. The van der Waals surface area contributed by atoms with Crippen molar-refractivity contribution in [2.24, 2.45) is 0 Å². The number of rotatable bonds is 6. The van der Waals surface area contributed by atoms with Crippen LogP contribution < -0.4 is 0 Å². The van der Waals surface area contributed by atoms with Gasteiger partial charge in [0.2, 0.25) is 0 Å². The van der Waals surface area contributed by atoms with Gasteiger partial charge in [-0.05, 0) is 165 Å². The highest BCUT2D eigenvalue weighted by Gasteiger charge is 2.50. The highest BCUT2D eigenvalue weighted by molar-refractivity contribution is 6.11. The zero-order valence-electron chi connectivity index (χ0n) is 39.3. The maximum atomic E-state index is 2.69. The summed E-state index contributed by atoms with van der Waals surface area (Å²) in [6.45, 7) is 0. The summed E-state index contributed by atoms with van der Waals surface area (Å²) in [5, 5.41) is 5.15. The largest absolute Gasteiger partial charge is 0.309 e. The molecule has 2 heteroatoms. The van der Waals surface area contributed by atoms with Gasteiger partial charge in [-0.1, -0.05) is 171 Å². The maximum absolute atomic E-state index is 2.69. The predicted molar refractivity (Wildman–Crippen MR) is 295 cm³/mol. The molecule has 0 saturated heterocycles. The third-order valence-corrected chi connectivity index (χ3v) is 17.2. The lowest BCUT2D eigenvalue weighted by Gasteiger charge is -2.29. The Morgan fingerprint density at radius 1 is 0.286 bits per heavy atom. The van der Waals surface area contributed by atoms with Crippen molar-refractivity contribution in [3.8, 4) is 33.6 Å². The van der Waals surface area contributed by atoms with Gasteiger partial charge in [-0.15, -0.1) is 0 Å². The molecule has 2 nitrogen and oxygen atoms in total. The maximum Gasteiger partial charge on any atom is 0.0541 e. The zero-order chi connectivity index (χ0) is 46.0. The van der Waals surface area contributed by atoms with Gasteiger partial charge in [0.1, 0.15) is 0 Å². The molecule has 0 atom stereocenters. The molecule has 334 valence electrons. The van der Waals surface area contributed by atoms with Crippen LogP contribution in [0, 0.1) is 0 Å². The molecule has 0 bridgehead atoms. The van der Waals surface area contributed by atoms with Crippen molar-refractivity contribution in [3.05, 3.63) is 239 Å². The van der Waals surface area contributed by atoms with E-state index in [-0.39, 0.29) is 10.8 Å². The molecule has 4 aliphatic carbocycles. The second-order valence-electron chi connectivity index (χ2n) is 20.7. The van der Waals surface area contributed by atoms with Crippen LogP contribution >= 0.6 is 0 Å². The number of hydrogen-bond donors (Lipinski definition) is 0. The fourth-order valence-corrected chi connectivity index (χ4v) is 14.0. The summed E-state index contributed by atoms with van der Waals surface area (Å²) >= 11 is 0. The van der Waals surface area contributed by atoms with Crippen LogP contribution in [-0.4, -0.2) is 9.13 Å². The second-order valence-corrected chi connectivity index (χ2v) is 20.7. The number of para-hydroxylation sites is 4.